The first-order chi connectivity index (χ1) is 16.3. The Morgan fingerprint density at radius 1 is 1.35 bits per heavy atom. The summed E-state index contributed by atoms with van der Waals surface area (Å²) in [6.07, 6.45) is 5.63. The number of fused-ring (bicyclic) bond motifs is 1. The van der Waals surface area contributed by atoms with Crippen LogP contribution in [-0.2, 0) is 5.54 Å². The van der Waals surface area contributed by atoms with Gasteiger partial charge in [-0.1, -0.05) is 13.0 Å². The third-order valence-electron chi connectivity index (χ3n) is 7.10. The molecule has 3 aromatic rings. The molecule has 0 amide bonds. The lowest BCUT2D eigenvalue weighted by molar-refractivity contribution is 0.0527. The molecule has 0 bridgehead atoms. The molecule has 1 aromatic carbocycles. The van der Waals surface area contributed by atoms with Gasteiger partial charge >= 0.3 is 5.97 Å². The molecule has 9 nitrogen and oxygen atoms in total. The topological polar surface area (TPSA) is 132 Å². The second kappa shape index (κ2) is 8.19. The number of rotatable bonds is 6. The lowest BCUT2D eigenvalue weighted by Gasteiger charge is -2.47. The zero-order valence-electron chi connectivity index (χ0n) is 18.7. The number of hydrogen-bond acceptors (Lipinski definition) is 7. The van der Waals surface area contributed by atoms with Gasteiger partial charge in [0.15, 0.2) is 11.6 Å². The van der Waals surface area contributed by atoms with Crippen molar-refractivity contribution >= 4 is 34.1 Å². The molecule has 1 fully saturated rings. The predicted octanol–water partition coefficient (Wildman–Crippen LogP) is 3.25. The monoisotopic (exact) mass is 467 g/mol. The molecule has 178 valence electrons. The van der Waals surface area contributed by atoms with Crippen LogP contribution in [-0.4, -0.2) is 40.3 Å². The molecule has 1 spiro atoms. The molecule has 3 heterocycles. The van der Waals surface area contributed by atoms with Crippen LogP contribution in [0.25, 0.3) is 10.9 Å². The number of ether oxygens (including phenoxy) is 1. The van der Waals surface area contributed by atoms with Crippen molar-refractivity contribution < 1.29 is 19.0 Å². The molecule has 1 unspecified atom stereocenters. The normalized spacial score (nSPS) is 18.1. The Hall–Kier alpha value is -3.82. The number of nitrogens with two attached hydrogens (primary N) is 1. The van der Waals surface area contributed by atoms with Gasteiger partial charge < -0.3 is 30.8 Å². The van der Waals surface area contributed by atoms with Crippen LogP contribution in [0.1, 0.15) is 36.5 Å². The van der Waals surface area contributed by atoms with E-state index < -0.39 is 28.3 Å². The van der Waals surface area contributed by atoms with E-state index in [4.69, 9.17) is 10.5 Å². The van der Waals surface area contributed by atoms with Crippen molar-refractivity contribution in [3.05, 3.63) is 52.2 Å². The van der Waals surface area contributed by atoms with Crippen molar-refractivity contribution in [2.75, 3.05) is 36.1 Å². The van der Waals surface area contributed by atoms with E-state index in [9.17, 15) is 14.7 Å². The highest BCUT2D eigenvalue weighted by atomic mass is 19.1. The predicted molar refractivity (Wildman–Crippen MR) is 127 cm³/mol. The van der Waals surface area contributed by atoms with Gasteiger partial charge in [-0.15, -0.1) is 0 Å². The fourth-order valence-electron chi connectivity index (χ4n) is 5.07. The summed E-state index contributed by atoms with van der Waals surface area (Å²) in [4.78, 5) is 29.2. The number of pyridine rings is 2. The molecule has 2 aliphatic rings. The van der Waals surface area contributed by atoms with Gasteiger partial charge in [-0.05, 0) is 31.4 Å². The van der Waals surface area contributed by atoms with E-state index in [1.807, 2.05) is 29.7 Å². The van der Waals surface area contributed by atoms with Gasteiger partial charge in [0, 0.05) is 31.4 Å². The summed E-state index contributed by atoms with van der Waals surface area (Å²) in [7, 11) is 0. The van der Waals surface area contributed by atoms with Crippen LogP contribution in [0.4, 0.5) is 21.6 Å². The number of hydrogen-bond donors (Lipinski definition) is 4. The number of nitrogens with zero attached hydrogens (tertiary/aromatic N) is 2. The lowest BCUT2D eigenvalue weighted by atomic mass is 9.68. The summed E-state index contributed by atoms with van der Waals surface area (Å²) in [6.45, 7) is 3.10. The first kappa shape index (κ1) is 22.0. The Morgan fingerprint density at radius 2 is 2.12 bits per heavy atom. The van der Waals surface area contributed by atoms with Crippen LogP contribution in [0, 0.1) is 11.7 Å². The molecular weight excluding hydrogens is 441 g/mol. The van der Waals surface area contributed by atoms with Gasteiger partial charge in [0.2, 0.25) is 5.43 Å². The molecule has 5 N–H and O–H groups in total. The van der Waals surface area contributed by atoms with Crippen LogP contribution in [0.2, 0.25) is 0 Å². The summed E-state index contributed by atoms with van der Waals surface area (Å²) < 4.78 is 23.4. The Bertz CT molecular complexity index is 1340. The van der Waals surface area contributed by atoms with Gasteiger partial charge in [-0.25, -0.2) is 14.2 Å². The summed E-state index contributed by atoms with van der Waals surface area (Å²) in [5, 5.41) is 15.7. The molecule has 1 aliphatic heterocycles. The Morgan fingerprint density at radius 3 is 2.76 bits per heavy atom. The van der Waals surface area contributed by atoms with E-state index in [0.29, 0.717) is 31.0 Å². The first-order valence-electron chi connectivity index (χ1n) is 11.3. The summed E-state index contributed by atoms with van der Waals surface area (Å²) >= 11 is 0. The van der Waals surface area contributed by atoms with Gasteiger partial charge in [-0.3, -0.25) is 4.79 Å². The highest BCUT2D eigenvalue weighted by molar-refractivity contribution is 6.03. The van der Waals surface area contributed by atoms with Crippen molar-refractivity contribution in [2.24, 2.45) is 5.92 Å². The highest BCUT2D eigenvalue weighted by Crippen LogP contribution is 2.52. The quantitative estimate of drug-likeness (QED) is 0.321. The van der Waals surface area contributed by atoms with Crippen molar-refractivity contribution in [2.45, 2.75) is 31.7 Å². The van der Waals surface area contributed by atoms with Crippen LogP contribution in [0.5, 0.6) is 5.75 Å². The molecule has 1 aliphatic carbocycles. The van der Waals surface area contributed by atoms with Crippen LogP contribution < -0.4 is 26.5 Å². The fourth-order valence-corrected chi connectivity index (χ4v) is 5.07. The maximum atomic E-state index is 15.5. The highest BCUT2D eigenvalue weighted by Gasteiger charge is 2.47. The number of benzene rings is 1. The minimum atomic E-state index is -1.37. The Balaban J connectivity index is 1.64. The van der Waals surface area contributed by atoms with Crippen molar-refractivity contribution in [3.8, 4) is 5.75 Å². The minimum absolute atomic E-state index is 0.0176. The maximum Gasteiger partial charge on any atom is 0.341 e. The van der Waals surface area contributed by atoms with Crippen molar-refractivity contribution in [3.63, 3.8) is 0 Å². The number of carboxylic acid groups (broad SMARTS) is 1. The summed E-state index contributed by atoms with van der Waals surface area (Å²) in [6, 6.07) is 5.49. The van der Waals surface area contributed by atoms with E-state index in [2.05, 4.69) is 15.6 Å². The molecule has 0 saturated heterocycles. The lowest BCUT2D eigenvalue weighted by Crippen LogP contribution is -2.47. The van der Waals surface area contributed by atoms with E-state index in [0.717, 1.165) is 19.3 Å². The number of anilines is 3. The average Bonchev–Trinajstić information content (AvgIpc) is 2.92. The van der Waals surface area contributed by atoms with E-state index in [1.165, 1.54) is 6.20 Å². The third-order valence-corrected chi connectivity index (χ3v) is 7.10. The molecule has 1 saturated carbocycles. The minimum Gasteiger partial charge on any atom is -0.489 e. The van der Waals surface area contributed by atoms with Crippen molar-refractivity contribution in [1.82, 2.24) is 9.55 Å². The van der Waals surface area contributed by atoms with Gasteiger partial charge in [0.1, 0.15) is 17.1 Å². The van der Waals surface area contributed by atoms with E-state index >= 15 is 4.39 Å². The molecule has 34 heavy (non-hydrogen) atoms. The molecule has 2 aromatic heterocycles. The van der Waals surface area contributed by atoms with Crippen LogP contribution in [0.15, 0.2) is 35.4 Å². The third kappa shape index (κ3) is 3.24. The van der Waals surface area contributed by atoms with Crippen LogP contribution >= 0.6 is 0 Å². The SMILES string of the molecule is CC1COc2c(NCCNc3ccccn3)c(F)c(N)c3c(=O)c(C(=O)O)cn(c23)C12CCC2. The standard InChI is InChI=1S/C24H26FN5O4/c1-13-12-34-22-19(29-10-9-28-15-5-2-3-8-27-15)17(25)18(26)16-20(22)30(24(13)6-4-7-24)11-14(21(16)31)23(32)33/h2-3,5,8,11,13,29H,4,6-7,9-10,12,26H2,1H3,(H,27,28)(H,32,33). The zero-order valence-corrected chi connectivity index (χ0v) is 18.7. The fraction of sp³-hybridized carbons (Fsp3) is 0.375. The molecular formula is C24H26FN5O4. The van der Waals surface area contributed by atoms with Gasteiger partial charge in [0.05, 0.1) is 28.7 Å². The molecule has 10 heteroatoms. The Labute approximate surface area is 194 Å². The number of halogens is 1. The number of aromatic nitrogens is 2. The zero-order chi connectivity index (χ0) is 24.0. The van der Waals surface area contributed by atoms with Crippen molar-refractivity contribution in [1.29, 1.82) is 0 Å². The number of aromatic carboxylic acids is 1. The molecule has 0 radical (unpaired) electrons. The molecule has 5 rings (SSSR count). The second-order valence-electron chi connectivity index (χ2n) is 8.94. The second-order valence-corrected chi connectivity index (χ2v) is 8.94. The van der Waals surface area contributed by atoms with Crippen LogP contribution in [0.3, 0.4) is 0 Å². The maximum absolute atomic E-state index is 15.5. The first-order valence-corrected chi connectivity index (χ1v) is 11.3. The summed E-state index contributed by atoms with van der Waals surface area (Å²) in [5.41, 5.74) is 4.51. The van der Waals surface area contributed by atoms with Gasteiger partial charge in [-0.2, -0.15) is 0 Å². The Kier molecular flexibility index (Phi) is 5.30. The smallest absolute Gasteiger partial charge is 0.341 e. The van der Waals surface area contributed by atoms with E-state index in [1.54, 1.807) is 6.20 Å². The van der Waals surface area contributed by atoms with E-state index in [-0.39, 0.29) is 28.4 Å². The average molecular weight is 468 g/mol. The number of carboxylic acids is 1. The number of nitrogens with one attached hydrogen (secondary N) is 2. The van der Waals surface area contributed by atoms with Gasteiger partial charge in [0.25, 0.3) is 0 Å². The molecule has 1 atom stereocenters. The number of nitrogen functional groups attached to an aromatic ring is 1. The number of carbonyl (C=O) groups is 1. The summed E-state index contributed by atoms with van der Waals surface area (Å²) in [5.74, 6) is -1.31. The largest absolute Gasteiger partial charge is 0.489 e.